The lowest BCUT2D eigenvalue weighted by atomic mass is 9.82. The van der Waals surface area contributed by atoms with Crippen molar-refractivity contribution in [1.82, 2.24) is 9.80 Å². The molecule has 2 heterocycles. The van der Waals surface area contributed by atoms with E-state index in [9.17, 15) is 9.90 Å². The molecule has 0 bridgehead atoms. The average molecular weight is 519 g/mol. The van der Waals surface area contributed by atoms with Crippen LogP contribution in [0.5, 0.6) is 0 Å². The highest BCUT2D eigenvalue weighted by molar-refractivity contribution is 6.30. The summed E-state index contributed by atoms with van der Waals surface area (Å²) in [4.78, 5) is 17.2. The topological polar surface area (TPSA) is 53.0 Å². The number of halogens is 1. The second kappa shape index (κ2) is 10.9. The normalized spacial score (nSPS) is 22.2. The van der Waals surface area contributed by atoms with Gasteiger partial charge in [-0.25, -0.2) is 0 Å². The summed E-state index contributed by atoms with van der Waals surface area (Å²) in [5.74, 6) is 0.646. The Kier molecular flexibility index (Phi) is 7.57. The summed E-state index contributed by atoms with van der Waals surface area (Å²) < 4.78 is 6.20. The molecule has 6 heteroatoms. The number of piperidine rings is 1. The van der Waals surface area contributed by atoms with E-state index in [1.54, 1.807) is 4.90 Å². The van der Waals surface area contributed by atoms with E-state index >= 15 is 0 Å². The monoisotopic (exact) mass is 518 g/mol. The van der Waals surface area contributed by atoms with Gasteiger partial charge in [0, 0.05) is 50.7 Å². The lowest BCUT2D eigenvalue weighted by Gasteiger charge is -2.38. The van der Waals surface area contributed by atoms with Crippen LogP contribution in [-0.2, 0) is 28.2 Å². The molecule has 1 amide bonds. The van der Waals surface area contributed by atoms with Gasteiger partial charge in [-0.2, -0.15) is 0 Å². The zero-order valence-electron chi connectivity index (χ0n) is 21.6. The Hall–Kier alpha value is -2.86. The number of hydrogen-bond donors (Lipinski definition) is 1. The number of likely N-dealkylation sites (tertiary alicyclic amines) is 1. The summed E-state index contributed by atoms with van der Waals surface area (Å²) in [5.41, 5.74) is 4.75. The molecule has 3 aliphatic rings. The van der Waals surface area contributed by atoms with Gasteiger partial charge in [-0.3, -0.25) is 4.79 Å². The first kappa shape index (κ1) is 25.8. The molecule has 1 atom stereocenters. The molecule has 5 rings (SSSR count). The van der Waals surface area contributed by atoms with Crippen molar-refractivity contribution >= 4 is 17.5 Å². The van der Waals surface area contributed by atoms with Crippen LogP contribution >= 0.6 is 11.6 Å². The molecule has 1 fully saturated rings. The molecule has 0 spiro atoms. The van der Waals surface area contributed by atoms with Crippen molar-refractivity contribution in [1.29, 1.82) is 0 Å². The first-order chi connectivity index (χ1) is 17.8. The fourth-order valence-electron chi connectivity index (χ4n) is 5.60. The summed E-state index contributed by atoms with van der Waals surface area (Å²) in [6, 6.07) is 15.9. The van der Waals surface area contributed by atoms with Crippen molar-refractivity contribution in [2.45, 2.75) is 37.9 Å². The highest BCUT2D eigenvalue weighted by atomic mass is 35.5. The van der Waals surface area contributed by atoms with Crippen LogP contribution in [0.15, 0.2) is 83.7 Å². The largest absolute Gasteiger partial charge is 0.489 e. The van der Waals surface area contributed by atoms with E-state index < -0.39 is 5.60 Å². The van der Waals surface area contributed by atoms with E-state index in [2.05, 4.69) is 29.2 Å². The fourth-order valence-corrected chi connectivity index (χ4v) is 5.73. The van der Waals surface area contributed by atoms with Crippen LogP contribution in [0.1, 0.15) is 36.0 Å². The minimum Gasteiger partial charge on any atom is -0.489 e. The number of fused-ring (bicyclic) bond motifs is 1. The second-order valence-electron chi connectivity index (χ2n) is 10.5. The van der Waals surface area contributed by atoms with Crippen LogP contribution in [0.4, 0.5) is 0 Å². The van der Waals surface area contributed by atoms with Crippen LogP contribution < -0.4 is 0 Å². The number of amides is 1. The van der Waals surface area contributed by atoms with Crippen molar-refractivity contribution in [3.8, 4) is 0 Å². The van der Waals surface area contributed by atoms with E-state index in [1.807, 2.05) is 56.6 Å². The van der Waals surface area contributed by atoms with Gasteiger partial charge in [-0.05, 0) is 59.7 Å². The molecule has 37 heavy (non-hydrogen) atoms. The number of carbonyl (C=O) groups is 1. The number of aliphatic hydroxyl groups is 1. The van der Waals surface area contributed by atoms with Crippen LogP contribution in [0.25, 0.3) is 0 Å². The van der Waals surface area contributed by atoms with Crippen LogP contribution in [0.3, 0.4) is 0 Å². The quantitative estimate of drug-likeness (QED) is 0.588. The van der Waals surface area contributed by atoms with Gasteiger partial charge in [0.15, 0.2) is 0 Å². The third-order valence-corrected chi connectivity index (χ3v) is 8.12. The summed E-state index contributed by atoms with van der Waals surface area (Å²) in [5, 5.41) is 11.9. The highest BCUT2D eigenvalue weighted by Crippen LogP contribution is 2.37. The molecule has 2 aromatic rings. The Morgan fingerprint density at radius 3 is 2.54 bits per heavy atom. The van der Waals surface area contributed by atoms with Crippen molar-refractivity contribution in [3.05, 3.63) is 105 Å². The molecular formula is C31H35ClN2O3. The standard InChI is InChI=1S/C31H35ClN2O3/c1-33(2)30(35)27-13-14-29-28(20-22-6-3-4-7-23(22)21-37-29)26(27)8-5-17-34-18-15-31(36,16-19-34)24-9-11-25(32)12-10-24/h3-4,6-14,27,36H,5,15-21H2,1-2H3. The van der Waals surface area contributed by atoms with Crippen molar-refractivity contribution in [3.63, 3.8) is 0 Å². The van der Waals surface area contributed by atoms with Crippen molar-refractivity contribution in [2.24, 2.45) is 5.92 Å². The van der Waals surface area contributed by atoms with E-state index in [0.29, 0.717) is 24.5 Å². The number of rotatable bonds is 5. The molecule has 2 aromatic carbocycles. The molecule has 1 aliphatic carbocycles. The summed E-state index contributed by atoms with van der Waals surface area (Å²) in [7, 11) is 3.62. The van der Waals surface area contributed by atoms with E-state index in [4.69, 9.17) is 16.3 Å². The van der Waals surface area contributed by atoms with Gasteiger partial charge < -0.3 is 19.6 Å². The van der Waals surface area contributed by atoms with Gasteiger partial charge in [0.05, 0.1) is 11.5 Å². The highest BCUT2D eigenvalue weighted by Gasteiger charge is 2.34. The van der Waals surface area contributed by atoms with Crippen molar-refractivity contribution < 1.29 is 14.6 Å². The van der Waals surface area contributed by atoms with E-state index in [-0.39, 0.29) is 11.8 Å². The lowest BCUT2D eigenvalue weighted by molar-refractivity contribution is -0.130. The van der Waals surface area contributed by atoms with Crippen LogP contribution in [0.2, 0.25) is 5.02 Å². The lowest BCUT2D eigenvalue weighted by Crippen LogP contribution is -2.42. The number of ether oxygens (including phenoxy) is 1. The predicted octanol–water partition coefficient (Wildman–Crippen LogP) is 5.24. The molecule has 1 saturated heterocycles. The van der Waals surface area contributed by atoms with Gasteiger partial charge in [-0.15, -0.1) is 0 Å². The fraction of sp³-hybridized carbons (Fsp3) is 0.387. The maximum atomic E-state index is 13.1. The first-order valence-electron chi connectivity index (χ1n) is 13.1. The zero-order valence-corrected chi connectivity index (χ0v) is 22.4. The Bertz CT molecular complexity index is 1240. The SMILES string of the molecule is CN(C)C(=O)C1C=CC2=C(Cc3ccccc3CO2)C1=CCCN1CCC(O)(c2ccc(Cl)cc2)CC1. The minimum absolute atomic E-state index is 0.0811. The average Bonchev–Trinajstić information content (AvgIpc) is 3.09. The summed E-state index contributed by atoms with van der Waals surface area (Å²) in [6.07, 6.45) is 9.17. The Morgan fingerprint density at radius 2 is 1.84 bits per heavy atom. The molecule has 0 aromatic heterocycles. The maximum Gasteiger partial charge on any atom is 0.233 e. The third-order valence-electron chi connectivity index (χ3n) is 7.87. The van der Waals surface area contributed by atoms with Gasteiger partial charge in [0.2, 0.25) is 5.91 Å². The maximum absolute atomic E-state index is 13.1. The van der Waals surface area contributed by atoms with Gasteiger partial charge in [-0.1, -0.05) is 60.2 Å². The summed E-state index contributed by atoms with van der Waals surface area (Å²) >= 11 is 6.03. The third kappa shape index (κ3) is 5.54. The van der Waals surface area contributed by atoms with Gasteiger partial charge in [0.25, 0.3) is 0 Å². The van der Waals surface area contributed by atoms with Crippen LogP contribution in [-0.4, -0.2) is 54.5 Å². The molecule has 1 unspecified atom stereocenters. The van der Waals surface area contributed by atoms with E-state index in [0.717, 1.165) is 54.9 Å². The molecule has 194 valence electrons. The Labute approximate surface area is 224 Å². The number of hydrogen-bond acceptors (Lipinski definition) is 4. The molecule has 5 nitrogen and oxygen atoms in total. The van der Waals surface area contributed by atoms with Gasteiger partial charge >= 0.3 is 0 Å². The Balaban J connectivity index is 1.30. The smallest absolute Gasteiger partial charge is 0.233 e. The van der Waals surface area contributed by atoms with E-state index in [1.165, 1.54) is 11.1 Å². The second-order valence-corrected chi connectivity index (χ2v) is 10.9. The molecule has 0 radical (unpaired) electrons. The van der Waals surface area contributed by atoms with Crippen LogP contribution in [0, 0.1) is 5.92 Å². The zero-order chi connectivity index (χ0) is 26.0. The minimum atomic E-state index is -0.804. The van der Waals surface area contributed by atoms with Crippen molar-refractivity contribution in [2.75, 3.05) is 33.7 Å². The number of nitrogens with zero attached hydrogens (tertiary/aromatic N) is 2. The Morgan fingerprint density at radius 1 is 1.14 bits per heavy atom. The molecule has 1 N–H and O–H groups in total. The molecule has 0 saturated carbocycles. The molecular weight excluding hydrogens is 484 g/mol. The number of carbonyl (C=O) groups excluding carboxylic acids is 1. The summed E-state index contributed by atoms with van der Waals surface area (Å²) in [6.45, 7) is 3.08. The van der Waals surface area contributed by atoms with Gasteiger partial charge in [0.1, 0.15) is 12.4 Å². The predicted molar refractivity (Wildman–Crippen MR) is 147 cm³/mol. The molecule has 2 aliphatic heterocycles. The first-order valence-corrected chi connectivity index (χ1v) is 13.5. The number of allylic oxidation sites excluding steroid dienone is 2. The number of benzene rings is 2.